The third-order valence-electron chi connectivity index (χ3n) is 3.24. The fraction of sp³-hybridized carbons (Fsp3) is 0.500. The first kappa shape index (κ1) is 14.0. The lowest BCUT2D eigenvalue weighted by atomic mass is 10.1. The molecule has 0 bridgehead atoms. The van der Waals surface area contributed by atoms with Crippen molar-refractivity contribution in [1.82, 2.24) is 10.6 Å². The number of amides is 1. The zero-order valence-corrected chi connectivity index (χ0v) is 11.1. The van der Waals surface area contributed by atoms with Crippen molar-refractivity contribution in [3.8, 4) is 0 Å². The van der Waals surface area contributed by atoms with Crippen LogP contribution in [0.2, 0.25) is 0 Å². The normalized spacial score (nSPS) is 23.1. The van der Waals surface area contributed by atoms with Crippen LogP contribution in [0.5, 0.6) is 0 Å². The monoisotopic (exact) mass is 264 g/mol. The molecule has 19 heavy (non-hydrogen) atoms. The molecular weight excluding hydrogens is 244 g/mol. The molecule has 0 spiro atoms. The van der Waals surface area contributed by atoms with Crippen LogP contribution >= 0.6 is 0 Å². The first-order valence-electron chi connectivity index (χ1n) is 6.52. The molecule has 1 aromatic carbocycles. The van der Waals surface area contributed by atoms with Crippen LogP contribution < -0.4 is 10.6 Å². The zero-order chi connectivity index (χ0) is 13.7. The second kappa shape index (κ2) is 6.65. The van der Waals surface area contributed by atoms with Gasteiger partial charge in [-0.3, -0.25) is 4.79 Å². The van der Waals surface area contributed by atoms with Gasteiger partial charge in [0.25, 0.3) is 0 Å². The SMILES string of the molecule is C[C@H]1OCCN[C@@H]1C(=O)NCc1cccc(CO)c1. The highest BCUT2D eigenvalue weighted by Crippen LogP contribution is 2.07. The van der Waals surface area contributed by atoms with Crippen LogP contribution in [-0.2, 0) is 22.7 Å². The number of ether oxygens (including phenoxy) is 1. The van der Waals surface area contributed by atoms with Crippen LogP contribution in [0.15, 0.2) is 24.3 Å². The molecule has 0 unspecified atom stereocenters. The van der Waals surface area contributed by atoms with Gasteiger partial charge >= 0.3 is 0 Å². The topological polar surface area (TPSA) is 70.6 Å². The number of benzene rings is 1. The van der Waals surface area contributed by atoms with Crippen molar-refractivity contribution in [2.24, 2.45) is 0 Å². The van der Waals surface area contributed by atoms with Gasteiger partial charge in [-0.05, 0) is 18.1 Å². The molecule has 1 saturated heterocycles. The number of aliphatic hydroxyl groups excluding tert-OH is 1. The summed E-state index contributed by atoms with van der Waals surface area (Å²) in [5.74, 6) is -0.0541. The maximum Gasteiger partial charge on any atom is 0.240 e. The Hall–Kier alpha value is -1.43. The Kier molecular flexibility index (Phi) is 4.90. The molecular formula is C14H20N2O3. The maximum atomic E-state index is 12.0. The number of aliphatic hydroxyl groups is 1. The minimum Gasteiger partial charge on any atom is -0.392 e. The standard InChI is InChI=1S/C14H20N2O3/c1-10-13(15-5-6-19-10)14(18)16-8-11-3-2-4-12(7-11)9-17/h2-4,7,10,13,15,17H,5-6,8-9H2,1H3,(H,16,18)/t10-,13+/m1/s1. The summed E-state index contributed by atoms with van der Waals surface area (Å²) < 4.78 is 5.44. The first-order valence-corrected chi connectivity index (χ1v) is 6.52. The van der Waals surface area contributed by atoms with E-state index < -0.39 is 0 Å². The van der Waals surface area contributed by atoms with Crippen LogP contribution in [0.1, 0.15) is 18.1 Å². The van der Waals surface area contributed by atoms with Crippen LogP contribution in [-0.4, -0.2) is 36.3 Å². The number of morpholine rings is 1. The molecule has 3 N–H and O–H groups in total. The van der Waals surface area contributed by atoms with E-state index in [9.17, 15) is 4.79 Å². The summed E-state index contributed by atoms with van der Waals surface area (Å²) in [6, 6.07) is 7.23. The Balaban J connectivity index is 1.88. The van der Waals surface area contributed by atoms with Gasteiger partial charge in [-0.25, -0.2) is 0 Å². The van der Waals surface area contributed by atoms with E-state index in [4.69, 9.17) is 9.84 Å². The van der Waals surface area contributed by atoms with E-state index in [-0.39, 0.29) is 24.7 Å². The number of hydrogen-bond donors (Lipinski definition) is 3. The average molecular weight is 264 g/mol. The lowest BCUT2D eigenvalue weighted by molar-refractivity contribution is -0.129. The lowest BCUT2D eigenvalue weighted by Crippen LogP contribution is -2.55. The van der Waals surface area contributed by atoms with Crippen molar-refractivity contribution < 1.29 is 14.6 Å². The number of carbonyl (C=O) groups excluding carboxylic acids is 1. The van der Waals surface area contributed by atoms with E-state index in [0.717, 1.165) is 11.1 Å². The highest BCUT2D eigenvalue weighted by molar-refractivity contribution is 5.82. The molecule has 5 nitrogen and oxygen atoms in total. The molecule has 1 amide bonds. The quantitative estimate of drug-likeness (QED) is 0.725. The fourth-order valence-corrected chi connectivity index (χ4v) is 2.16. The maximum absolute atomic E-state index is 12.0. The largest absolute Gasteiger partial charge is 0.392 e. The molecule has 2 atom stereocenters. The van der Waals surface area contributed by atoms with Crippen molar-refractivity contribution >= 4 is 5.91 Å². The highest BCUT2D eigenvalue weighted by Gasteiger charge is 2.27. The van der Waals surface area contributed by atoms with Gasteiger partial charge in [0.15, 0.2) is 0 Å². The fourth-order valence-electron chi connectivity index (χ4n) is 2.16. The first-order chi connectivity index (χ1) is 9.20. The Morgan fingerprint density at radius 2 is 2.32 bits per heavy atom. The van der Waals surface area contributed by atoms with Gasteiger partial charge < -0.3 is 20.5 Å². The van der Waals surface area contributed by atoms with Crippen LogP contribution in [0.3, 0.4) is 0 Å². The van der Waals surface area contributed by atoms with Gasteiger partial charge in [0.2, 0.25) is 5.91 Å². The van der Waals surface area contributed by atoms with Crippen molar-refractivity contribution in [3.05, 3.63) is 35.4 Å². The number of carbonyl (C=O) groups is 1. The average Bonchev–Trinajstić information content (AvgIpc) is 2.45. The van der Waals surface area contributed by atoms with E-state index in [0.29, 0.717) is 19.7 Å². The minimum atomic E-state index is -0.297. The summed E-state index contributed by atoms with van der Waals surface area (Å²) in [5, 5.41) is 15.1. The van der Waals surface area contributed by atoms with Crippen molar-refractivity contribution in [3.63, 3.8) is 0 Å². The van der Waals surface area contributed by atoms with Crippen molar-refractivity contribution in [2.75, 3.05) is 13.2 Å². The van der Waals surface area contributed by atoms with Crippen LogP contribution in [0.25, 0.3) is 0 Å². The lowest BCUT2D eigenvalue weighted by Gasteiger charge is -2.29. The molecule has 0 radical (unpaired) electrons. The summed E-state index contributed by atoms with van der Waals surface area (Å²) in [7, 11) is 0. The molecule has 1 heterocycles. The molecule has 1 aromatic rings. The summed E-state index contributed by atoms with van der Waals surface area (Å²) in [6.07, 6.45) is -0.113. The molecule has 2 rings (SSSR count). The minimum absolute atomic E-state index is 0.0108. The molecule has 1 aliphatic rings. The second-order valence-corrected chi connectivity index (χ2v) is 4.70. The predicted octanol–water partition coefficient (Wildman–Crippen LogP) is 0.172. The van der Waals surface area contributed by atoms with Crippen LogP contribution in [0.4, 0.5) is 0 Å². The number of hydrogen-bond acceptors (Lipinski definition) is 4. The molecule has 1 fully saturated rings. The Morgan fingerprint density at radius 3 is 3.05 bits per heavy atom. The Bertz CT molecular complexity index is 436. The Morgan fingerprint density at radius 1 is 1.53 bits per heavy atom. The van der Waals surface area contributed by atoms with E-state index in [1.54, 1.807) is 0 Å². The summed E-state index contributed by atoms with van der Waals surface area (Å²) in [6.45, 7) is 3.70. The van der Waals surface area contributed by atoms with Gasteiger partial charge in [-0.1, -0.05) is 24.3 Å². The number of nitrogens with one attached hydrogen (secondary N) is 2. The molecule has 0 aromatic heterocycles. The molecule has 104 valence electrons. The molecule has 0 aliphatic carbocycles. The van der Waals surface area contributed by atoms with Crippen LogP contribution in [0, 0.1) is 0 Å². The highest BCUT2D eigenvalue weighted by atomic mass is 16.5. The van der Waals surface area contributed by atoms with Gasteiger partial charge in [0.05, 0.1) is 19.3 Å². The third kappa shape index (κ3) is 3.76. The van der Waals surface area contributed by atoms with E-state index >= 15 is 0 Å². The molecule has 0 saturated carbocycles. The van der Waals surface area contributed by atoms with E-state index in [1.165, 1.54) is 0 Å². The summed E-state index contributed by atoms with van der Waals surface area (Å²) >= 11 is 0. The van der Waals surface area contributed by atoms with Crippen molar-refractivity contribution in [1.29, 1.82) is 0 Å². The number of rotatable bonds is 4. The van der Waals surface area contributed by atoms with Gasteiger partial charge in [-0.2, -0.15) is 0 Å². The predicted molar refractivity (Wildman–Crippen MR) is 71.4 cm³/mol. The van der Waals surface area contributed by atoms with E-state index in [2.05, 4.69) is 10.6 Å². The summed E-state index contributed by atoms with van der Waals surface area (Å²) in [4.78, 5) is 12.0. The van der Waals surface area contributed by atoms with Crippen molar-refractivity contribution in [2.45, 2.75) is 32.2 Å². The van der Waals surface area contributed by atoms with Gasteiger partial charge in [-0.15, -0.1) is 0 Å². The third-order valence-corrected chi connectivity index (χ3v) is 3.24. The van der Waals surface area contributed by atoms with E-state index in [1.807, 2.05) is 31.2 Å². The summed E-state index contributed by atoms with van der Waals surface area (Å²) in [5.41, 5.74) is 1.82. The zero-order valence-electron chi connectivity index (χ0n) is 11.1. The van der Waals surface area contributed by atoms with Gasteiger partial charge in [0.1, 0.15) is 6.04 Å². The van der Waals surface area contributed by atoms with Gasteiger partial charge in [0, 0.05) is 13.1 Å². The molecule has 5 heteroatoms. The Labute approximate surface area is 113 Å². The second-order valence-electron chi connectivity index (χ2n) is 4.70. The smallest absolute Gasteiger partial charge is 0.240 e. The molecule has 1 aliphatic heterocycles.